The highest BCUT2D eigenvalue weighted by Crippen LogP contribution is 2.52. The lowest BCUT2D eigenvalue weighted by molar-refractivity contribution is -0.131. The van der Waals surface area contributed by atoms with Gasteiger partial charge in [0.2, 0.25) is 11.8 Å². The number of ether oxygens (including phenoxy) is 1. The van der Waals surface area contributed by atoms with Crippen LogP contribution in [-0.2, 0) is 14.3 Å². The van der Waals surface area contributed by atoms with Crippen molar-refractivity contribution in [3.8, 4) is 89.0 Å². The first-order valence-corrected chi connectivity index (χ1v) is 33.3. The van der Waals surface area contributed by atoms with E-state index in [2.05, 4.69) is 337 Å². The van der Waals surface area contributed by atoms with Gasteiger partial charge < -0.3 is 14.4 Å². The van der Waals surface area contributed by atoms with Gasteiger partial charge in [0.05, 0.1) is 16.1 Å². The zero-order chi connectivity index (χ0) is 61.5. The predicted octanol–water partition coefficient (Wildman–Crippen LogP) is 18.6. The Morgan fingerprint density at radius 1 is 0.308 bits per heavy atom. The van der Waals surface area contributed by atoms with Crippen molar-refractivity contribution in [2.45, 2.75) is 25.7 Å². The first kappa shape index (κ1) is 58.3. The molecule has 2 amide bonds. The minimum atomic E-state index is -0.144. The van der Waals surface area contributed by atoms with Gasteiger partial charge in [0, 0.05) is 80.0 Å². The molecule has 6 nitrogen and oxygen atoms in total. The summed E-state index contributed by atoms with van der Waals surface area (Å²) in [5, 5.41) is 0. The summed E-state index contributed by atoms with van der Waals surface area (Å²) in [5.41, 5.74) is 30.8. The number of fused-ring (bicyclic) bond motifs is 22. The van der Waals surface area contributed by atoms with E-state index in [0.29, 0.717) is 12.8 Å². The number of halogens is 3. The second kappa shape index (κ2) is 25.3. The molecular formula is C80H58B2Br3N3O3. The minimum absolute atomic E-state index is 0.0414. The number of carbonyl (C=O) groups is 2. The van der Waals surface area contributed by atoms with Gasteiger partial charge >= 0.3 is 13.7 Å². The second-order valence-electron chi connectivity index (χ2n) is 23.3. The van der Waals surface area contributed by atoms with Crippen LogP contribution >= 0.6 is 48.0 Å². The smallest absolute Gasteiger partial charge is 0.329 e. The highest BCUT2D eigenvalue weighted by Gasteiger charge is 2.45. The van der Waals surface area contributed by atoms with Gasteiger partial charge in [-0.05, 0) is 150 Å². The van der Waals surface area contributed by atoms with Crippen molar-refractivity contribution >= 4 is 118 Å². The Bertz CT molecular complexity index is 4460. The number of benzene rings is 12. The number of para-hydroxylation sites is 2. The van der Waals surface area contributed by atoms with Crippen LogP contribution in [0.2, 0.25) is 0 Å². The van der Waals surface area contributed by atoms with E-state index in [4.69, 9.17) is 4.74 Å². The molecule has 0 bridgehead atoms. The van der Waals surface area contributed by atoms with Crippen LogP contribution in [-0.4, -0.2) is 42.6 Å². The average molecular weight is 1370 g/mol. The van der Waals surface area contributed by atoms with Crippen molar-refractivity contribution < 1.29 is 14.3 Å². The number of anilines is 4. The molecule has 438 valence electrons. The third-order valence-corrected chi connectivity index (χ3v) is 19.9. The maximum absolute atomic E-state index is 10.4. The molecule has 2 saturated heterocycles. The van der Waals surface area contributed by atoms with Crippen LogP contribution in [0.25, 0.3) is 89.0 Å². The van der Waals surface area contributed by atoms with Crippen LogP contribution < -0.4 is 31.5 Å². The lowest BCUT2D eigenvalue weighted by Gasteiger charge is -2.44. The van der Waals surface area contributed by atoms with Crippen molar-refractivity contribution in [1.29, 1.82) is 0 Å². The number of imide groups is 1. The van der Waals surface area contributed by atoms with Gasteiger partial charge in [0.15, 0.2) is 0 Å². The van der Waals surface area contributed by atoms with Crippen LogP contribution in [0.1, 0.15) is 25.7 Å². The molecular weight excluding hydrogens is 1310 g/mol. The molecule has 6 heterocycles. The monoisotopic (exact) mass is 1370 g/mol. The molecule has 0 unspecified atom stereocenters. The molecule has 12 aromatic rings. The van der Waals surface area contributed by atoms with Crippen molar-refractivity contribution in [3.05, 3.63) is 288 Å². The van der Waals surface area contributed by atoms with Gasteiger partial charge in [-0.15, -0.1) is 0 Å². The van der Waals surface area contributed by atoms with Gasteiger partial charge in [-0.2, -0.15) is 0 Å². The van der Waals surface area contributed by atoms with Gasteiger partial charge in [-0.25, -0.2) is 3.93 Å². The number of rotatable bonds is 4. The van der Waals surface area contributed by atoms with Gasteiger partial charge in [-0.3, -0.25) is 9.59 Å². The summed E-state index contributed by atoms with van der Waals surface area (Å²) in [7, 11) is 0. The Balaban J connectivity index is 0.000000126. The Labute approximate surface area is 557 Å². The lowest BCUT2D eigenvalue weighted by Crippen LogP contribution is -2.59. The third-order valence-electron chi connectivity index (χ3n) is 18.1. The molecule has 6 aliphatic rings. The van der Waals surface area contributed by atoms with Crippen molar-refractivity contribution in [3.63, 3.8) is 0 Å². The number of hydrogen-bond acceptors (Lipinski definition) is 5. The molecule has 0 atom stereocenters. The molecule has 11 heteroatoms. The van der Waals surface area contributed by atoms with Gasteiger partial charge in [0.1, 0.15) is 0 Å². The van der Waals surface area contributed by atoms with Crippen LogP contribution in [0.5, 0.6) is 0 Å². The van der Waals surface area contributed by atoms with Crippen molar-refractivity contribution in [2.24, 2.45) is 0 Å². The molecule has 91 heavy (non-hydrogen) atoms. The summed E-state index contributed by atoms with van der Waals surface area (Å²) in [6, 6.07) is 102. The number of nitrogens with zero attached hydrogens (tertiary/aromatic N) is 3. The molecule has 6 aliphatic heterocycles. The first-order valence-electron chi connectivity index (χ1n) is 31.0. The minimum Gasteiger partial charge on any atom is -0.381 e. The topological polar surface area (TPSA) is 53.1 Å². The van der Waals surface area contributed by atoms with E-state index in [-0.39, 0.29) is 25.5 Å². The van der Waals surface area contributed by atoms with E-state index in [1.165, 1.54) is 146 Å². The summed E-state index contributed by atoms with van der Waals surface area (Å²) in [4.78, 5) is 26.0. The summed E-state index contributed by atoms with van der Waals surface area (Å²) in [5.74, 6) is -0.287. The Kier molecular flexibility index (Phi) is 16.2. The summed E-state index contributed by atoms with van der Waals surface area (Å²) < 4.78 is 8.09. The molecule has 0 aliphatic carbocycles. The lowest BCUT2D eigenvalue weighted by atomic mass is 9.42. The van der Waals surface area contributed by atoms with Crippen molar-refractivity contribution in [2.75, 3.05) is 22.8 Å². The second-order valence-corrected chi connectivity index (χ2v) is 25.9. The highest BCUT2D eigenvalue weighted by atomic mass is 79.9. The molecule has 0 saturated carbocycles. The number of carbonyl (C=O) groups excluding carboxylic acids is 2. The van der Waals surface area contributed by atoms with E-state index in [1.54, 1.807) is 0 Å². The normalized spacial score (nSPS) is 13.9. The first-order chi connectivity index (χ1) is 44.8. The van der Waals surface area contributed by atoms with Crippen LogP contribution in [0.4, 0.5) is 22.7 Å². The van der Waals surface area contributed by atoms with E-state index in [9.17, 15) is 9.59 Å². The van der Waals surface area contributed by atoms with E-state index in [0.717, 1.165) is 26.1 Å². The molecule has 18 rings (SSSR count). The van der Waals surface area contributed by atoms with Crippen LogP contribution in [0, 0.1) is 0 Å². The Morgan fingerprint density at radius 2 is 0.593 bits per heavy atom. The summed E-state index contributed by atoms with van der Waals surface area (Å²) in [6.07, 6.45) is 3.26. The summed E-state index contributed by atoms with van der Waals surface area (Å²) >= 11 is 10.4. The molecule has 2 fully saturated rings. The maximum atomic E-state index is 10.4. The molecule has 12 aromatic carbocycles. The van der Waals surface area contributed by atoms with Crippen molar-refractivity contribution in [1.82, 2.24) is 3.93 Å². The molecule has 0 N–H and O–H groups in total. The SMILES string of the molecule is Brc1ccc2c(c1)-c1c(cccc1-c1ccccc1)B1c3cccc(-c4ccccc4)c3-c3cc(Br)ccc3N12.C1CCOC1.O=C1CCC(=O)N1Br.c1ccc(-c2cccc3c2-c2ccccc2N2B3c3cccc(-c4ccccc4)c3-c3ccccc32)cc1. The van der Waals surface area contributed by atoms with Crippen LogP contribution in [0.15, 0.2) is 288 Å². The quantitative estimate of drug-likeness (QED) is 0.0998. The van der Waals surface area contributed by atoms with E-state index in [1.807, 2.05) is 0 Å². The molecule has 0 spiro atoms. The predicted molar refractivity (Wildman–Crippen MR) is 389 cm³/mol. The van der Waals surface area contributed by atoms with E-state index >= 15 is 0 Å². The van der Waals surface area contributed by atoms with Gasteiger partial charge in [-0.1, -0.05) is 262 Å². The number of amides is 2. The highest BCUT2D eigenvalue weighted by molar-refractivity contribution is 9.10. The average Bonchev–Trinajstić information content (AvgIpc) is 1.14. The summed E-state index contributed by atoms with van der Waals surface area (Å²) in [6.45, 7) is 2.12. The third kappa shape index (κ3) is 10.7. The maximum Gasteiger partial charge on any atom is 0.329 e. The fraction of sp³-hybridized carbons (Fsp3) is 0.0750. The zero-order valence-electron chi connectivity index (χ0n) is 49.7. The Morgan fingerprint density at radius 3 is 0.890 bits per heavy atom. The number of hydrogen-bond donors (Lipinski definition) is 0. The standard InChI is InChI=1S/C36H22BBr2N.C36H24BN.C4H4BrNO2.C4H8O/c38-25-17-19-33-29(21-25)35-27(23-9-3-1-4-10-23)13-7-15-31(35)37-32-16-8-14-28(24-11-5-2-6-12-24)36(32)30-22-26(39)18-20-34(30)40(33)37;1-3-13-25(14-4-1)27-19-11-21-31-35(27)29-17-7-9-23-33(29)38-34-24-10-8-18-30(34)36-28(26-15-5-2-6-16-26)20-12-22-32(36)37(31)38;5-6-3(7)1-2-4(6)8;1-2-4-5-3-1/h1-22H;1-24H;1-2H2;1-4H2. The largest absolute Gasteiger partial charge is 0.381 e. The Hall–Kier alpha value is -9.09. The van der Waals surface area contributed by atoms with Crippen LogP contribution in [0.3, 0.4) is 0 Å². The van der Waals surface area contributed by atoms with E-state index < -0.39 is 0 Å². The molecule has 0 aromatic heterocycles. The van der Waals surface area contributed by atoms with Gasteiger partial charge in [0.25, 0.3) is 0 Å². The fourth-order valence-corrected chi connectivity index (χ4v) is 15.3. The zero-order valence-corrected chi connectivity index (χ0v) is 54.4. The fourth-order valence-electron chi connectivity index (χ4n) is 14.2. The molecule has 0 radical (unpaired) electrons.